The van der Waals surface area contributed by atoms with Gasteiger partial charge in [0.2, 0.25) is 11.9 Å². The van der Waals surface area contributed by atoms with E-state index in [-0.39, 0.29) is 31.5 Å². The fourth-order valence-electron chi connectivity index (χ4n) is 5.85. The summed E-state index contributed by atoms with van der Waals surface area (Å²) < 4.78 is 21.4. The van der Waals surface area contributed by atoms with Crippen LogP contribution >= 0.6 is 23.2 Å². The molecule has 0 amide bonds. The standard InChI is InChI=1S/C34H36Cl2N6O5/c1-3-24(2)42-33(44)41(22-38-42)28-7-5-26(6-8-28)39-14-16-40(17-15-39)27-9-11-29(12-10-27)45-19-30-20-46-34(47-30,21-37-23-43)31-13-4-25(35)18-32(31)36/h4-13,18,22,24,30H,3,14-17,19-21H2,1-2H3/t24-,30+,34+/m1/s1. The van der Waals surface area contributed by atoms with Gasteiger partial charge in [0.1, 0.15) is 31.3 Å². The number of benzene rings is 3. The molecule has 2 fully saturated rings. The Kier molecular flexibility index (Phi) is 10.0. The predicted molar refractivity (Wildman–Crippen MR) is 181 cm³/mol. The third kappa shape index (κ3) is 7.10. The van der Waals surface area contributed by atoms with Crippen LogP contribution in [0.2, 0.25) is 10.0 Å². The van der Waals surface area contributed by atoms with Gasteiger partial charge in [0.15, 0.2) is 0 Å². The maximum Gasteiger partial charge on any atom is 0.350 e. The van der Waals surface area contributed by atoms with Crippen molar-refractivity contribution in [3.05, 3.63) is 99.2 Å². The van der Waals surface area contributed by atoms with E-state index in [2.05, 4.69) is 44.2 Å². The number of anilines is 2. The Bertz CT molecular complexity index is 1780. The fraction of sp³-hybridized carbons (Fsp3) is 0.382. The molecule has 47 heavy (non-hydrogen) atoms. The summed E-state index contributed by atoms with van der Waals surface area (Å²) in [5, 5.41) is 5.12. The molecule has 3 atom stereocenters. The van der Waals surface area contributed by atoms with Gasteiger partial charge in [0.25, 0.3) is 0 Å². The smallest absolute Gasteiger partial charge is 0.350 e. The number of halogens is 2. The van der Waals surface area contributed by atoms with E-state index in [1.807, 2.05) is 38.1 Å². The number of isocyanates is 1. The van der Waals surface area contributed by atoms with Crippen LogP contribution in [0.25, 0.3) is 5.69 Å². The zero-order valence-corrected chi connectivity index (χ0v) is 27.7. The van der Waals surface area contributed by atoms with Crippen LogP contribution < -0.4 is 20.2 Å². The monoisotopic (exact) mass is 678 g/mol. The molecular weight excluding hydrogens is 643 g/mol. The van der Waals surface area contributed by atoms with Crippen LogP contribution in [0.4, 0.5) is 11.4 Å². The molecule has 2 aliphatic rings. The van der Waals surface area contributed by atoms with E-state index in [4.69, 9.17) is 37.4 Å². The van der Waals surface area contributed by atoms with Crippen molar-refractivity contribution in [2.75, 3.05) is 55.7 Å². The number of nitrogens with zero attached hydrogens (tertiary/aromatic N) is 6. The van der Waals surface area contributed by atoms with E-state index < -0.39 is 11.9 Å². The summed E-state index contributed by atoms with van der Waals surface area (Å²) in [5.41, 5.74) is 3.46. The first-order chi connectivity index (χ1) is 22.8. The molecule has 1 aromatic heterocycles. The third-order valence-corrected chi connectivity index (χ3v) is 9.21. The highest BCUT2D eigenvalue weighted by Crippen LogP contribution is 2.39. The molecule has 0 unspecified atom stereocenters. The number of piperazine rings is 1. The molecule has 13 heteroatoms. The summed E-state index contributed by atoms with van der Waals surface area (Å²) in [5.74, 6) is -0.615. The van der Waals surface area contributed by atoms with Crippen molar-refractivity contribution < 1.29 is 19.0 Å². The van der Waals surface area contributed by atoms with Crippen molar-refractivity contribution >= 4 is 40.7 Å². The second kappa shape index (κ2) is 14.3. The first-order valence-corrected chi connectivity index (χ1v) is 16.4. The molecule has 2 aliphatic heterocycles. The average molecular weight is 680 g/mol. The average Bonchev–Trinajstić information content (AvgIpc) is 3.70. The fourth-order valence-corrected chi connectivity index (χ4v) is 6.40. The summed E-state index contributed by atoms with van der Waals surface area (Å²) in [6, 6.07) is 21.1. The van der Waals surface area contributed by atoms with Crippen molar-refractivity contribution in [3.63, 3.8) is 0 Å². The second-order valence-corrected chi connectivity index (χ2v) is 12.5. The molecular formula is C34H36Cl2N6O5. The molecule has 0 spiro atoms. The number of aromatic nitrogens is 3. The lowest BCUT2D eigenvalue weighted by molar-refractivity contribution is -0.170. The van der Waals surface area contributed by atoms with Gasteiger partial charge >= 0.3 is 5.69 Å². The summed E-state index contributed by atoms with van der Waals surface area (Å²) >= 11 is 12.5. The number of hydrogen-bond donors (Lipinski definition) is 0. The molecule has 246 valence electrons. The van der Waals surface area contributed by atoms with E-state index in [0.717, 1.165) is 49.7 Å². The Morgan fingerprint density at radius 3 is 2.26 bits per heavy atom. The van der Waals surface area contributed by atoms with E-state index in [1.54, 1.807) is 35.2 Å². The minimum atomic E-state index is -1.32. The third-order valence-electron chi connectivity index (χ3n) is 8.67. The van der Waals surface area contributed by atoms with Crippen LogP contribution in [-0.4, -0.2) is 72.5 Å². The molecule has 0 bridgehead atoms. The molecule has 3 aromatic carbocycles. The van der Waals surface area contributed by atoms with Gasteiger partial charge in [-0.25, -0.2) is 18.8 Å². The zero-order chi connectivity index (χ0) is 33.0. The van der Waals surface area contributed by atoms with Gasteiger partial charge in [0.05, 0.1) is 23.4 Å². The van der Waals surface area contributed by atoms with Crippen LogP contribution in [0.15, 0.2) is 82.8 Å². The van der Waals surface area contributed by atoms with E-state index in [9.17, 15) is 9.59 Å². The van der Waals surface area contributed by atoms with Gasteiger partial charge in [-0.15, -0.1) is 0 Å². The highest BCUT2D eigenvalue weighted by Gasteiger charge is 2.45. The van der Waals surface area contributed by atoms with Crippen LogP contribution in [0, 0.1) is 0 Å². The summed E-state index contributed by atoms with van der Waals surface area (Å²) in [4.78, 5) is 32.1. The Hall–Kier alpha value is -4.12. The zero-order valence-electron chi connectivity index (χ0n) is 26.2. The number of rotatable bonds is 11. The molecule has 2 saturated heterocycles. The van der Waals surface area contributed by atoms with Crippen LogP contribution in [-0.2, 0) is 20.1 Å². The minimum absolute atomic E-state index is 0.0593. The Labute approximate surface area is 282 Å². The minimum Gasteiger partial charge on any atom is -0.491 e. The Morgan fingerprint density at radius 2 is 1.64 bits per heavy atom. The number of aliphatic imine (C=N–C) groups is 1. The number of carbonyl (C=O) groups excluding carboxylic acids is 1. The van der Waals surface area contributed by atoms with Gasteiger partial charge < -0.3 is 24.0 Å². The molecule has 11 nitrogen and oxygen atoms in total. The summed E-state index contributed by atoms with van der Waals surface area (Å²) in [7, 11) is 0. The molecule has 3 heterocycles. The molecule has 4 aromatic rings. The van der Waals surface area contributed by atoms with E-state index in [1.165, 1.54) is 4.68 Å². The molecule has 0 radical (unpaired) electrons. The maximum absolute atomic E-state index is 12.8. The first kappa shape index (κ1) is 32.8. The second-order valence-electron chi connectivity index (χ2n) is 11.6. The number of ether oxygens (including phenoxy) is 3. The van der Waals surface area contributed by atoms with Crippen molar-refractivity contribution in [3.8, 4) is 11.4 Å². The van der Waals surface area contributed by atoms with Crippen molar-refractivity contribution in [2.45, 2.75) is 38.2 Å². The van der Waals surface area contributed by atoms with Gasteiger partial charge in [-0.3, -0.25) is 0 Å². The summed E-state index contributed by atoms with van der Waals surface area (Å²) in [6.07, 6.45) is 3.57. The lowest BCUT2D eigenvalue weighted by Gasteiger charge is -2.37. The summed E-state index contributed by atoms with van der Waals surface area (Å²) in [6.45, 7) is 7.90. The predicted octanol–water partition coefficient (Wildman–Crippen LogP) is 5.62. The molecule has 0 saturated carbocycles. The van der Waals surface area contributed by atoms with Crippen LogP contribution in [0.5, 0.6) is 5.75 Å². The highest BCUT2D eigenvalue weighted by molar-refractivity contribution is 6.35. The Balaban J connectivity index is 1.01. The largest absolute Gasteiger partial charge is 0.491 e. The quantitative estimate of drug-likeness (QED) is 0.149. The molecule has 6 rings (SSSR count). The first-order valence-electron chi connectivity index (χ1n) is 15.6. The maximum atomic E-state index is 12.8. The lowest BCUT2D eigenvalue weighted by Crippen LogP contribution is -2.46. The SMILES string of the molecule is CC[C@@H](C)n1ncn(-c2ccc(N3CCN(c4ccc(OC[C@H]5CO[C@](CN=C=O)(c6ccc(Cl)cc6Cl)O5)cc4)CC3)cc2)c1=O. The van der Waals surface area contributed by atoms with E-state index >= 15 is 0 Å². The number of hydrogen-bond acceptors (Lipinski definition) is 9. The van der Waals surface area contributed by atoms with Crippen molar-refractivity contribution in [1.29, 1.82) is 0 Å². The van der Waals surface area contributed by atoms with Gasteiger partial charge in [-0.1, -0.05) is 36.2 Å². The lowest BCUT2D eigenvalue weighted by atomic mass is 10.1. The highest BCUT2D eigenvalue weighted by atomic mass is 35.5. The Morgan fingerprint density at radius 1 is 1.00 bits per heavy atom. The van der Waals surface area contributed by atoms with Gasteiger partial charge in [-0.2, -0.15) is 10.1 Å². The van der Waals surface area contributed by atoms with Crippen molar-refractivity contribution in [1.82, 2.24) is 14.3 Å². The van der Waals surface area contributed by atoms with Gasteiger partial charge in [0, 0.05) is 48.1 Å². The van der Waals surface area contributed by atoms with Crippen molar-refractivity contribution in [2.24, 2.45) is 4.99 Å². The molecule has 0 aliphatic carbocycles. The normalized spacial score (nSPS) is 20.2. The topological polar surface area (TPSA) is 103 Å². The van der Waals surface area contributed by atoms with Crippen LogP contribution in [0.1, 0.15) is 31.9 Å². The van der Waals surface area contributed by atoms with Gasteiger partial charge in [-0.05, 0) is 74.0 Å². The van der Waals surface area contributed by atoms with E-state index in [0.29, 0.717) is 21.4 Å². The molecule has 0 N–H and O–H groups in total. The van der Waals surface area contributed by atoms with Crippen LogP contribution in [0.3, 0.4) is 0 Å².